The predicted molar refractivity (Wildman–Crippen MR) is 90.4 cm³/mol. The average molecular weight is 293 g/mol. The molecule has 3 nitrogen and oxygen atoms in total. The largest absolute Gasteiger partial charge is 0.363 e. The Balaban J connectivity index is 1.91. The van der Waals surface area contributed by atoms with Crippen LogP contribution in [-0.4, -0.2) is 36.6 Å². The molecule has 1 unspecified atom stereocenters. The molecule has 1 fully saturated rings. The van der Waals surface area contributed by atoms with Gasteiger partial charge in [0, 0.05) is 37.6 Å². The minimum Gasteiger partial charge on any atom is -0.363 e. The van der Waals surface area contributed by atoms with Crippen molar-refractivity contribution in [3.63, 3.8) is 0 Å². The van der Waals surface area contributed by atoms with Crippen molar-refractivity contribution in [2.75, 3.05) is 31.6 Å². The highest BCUT2D eigenvalue weighted by Gasteiger charge is 2.30. The number of aryl methyl sites for hydroxylation is 1. The molecule has 2 aromatic rings. The van der Waals surface area contributed by atoms with Crippen molar-refractivity contribution in [3.8, 4) is 0 Å². The van der Waals surface area contributed by atoms with E-state index in [9.17, 15) is 0 Å². The number of hydrogen-bond acceptors (Lipinski definition) is 3. The fourth-order valence-corrected chi connectivity index (χ4v) is 3.96. The smallest absolute Gasteiger partial charge is 0.0672 e. The van der Waals surface area contributed by atoms with Gasteiger partial charge in [-0.2, -0.15) is 0 Å². The molecule has 0 N–H and O–H groups in total. The molecule has 114 valence electrons. The third-order valence-electron chi connectivity index (χ3n) is 5.03. The first-order valence-electron chi connectivity index (χ1n) is 8.20. The van der Waals surface area contributed by atoms with Crippen LogP contribution in [0.15, 0.2) is 36.7 Å². The van der Waals surface area contributed by atoms with E-state index in [0.29, 0.717) is 6.04 Å². The van der Waals surface area contributed by atoms with Crippen LogP contribution in [0.3, 0.4) is 0 Å². The molecule has 0 spiro atoms. The Morgan fingerprint density at radius 2 is 2.05 bits per heavy atom. The third kappa shape index (κ3) is 2.30. The first kappa shape index (κ1) is 13.8. The highest BCUT2D eigenvalue weighted by atomic mass is 15.2. The molecule has 2 aliphatic heterocycles. The summed E-state index contributed by atoms with van der Waals surface area (Å²) in [6, 6.07) is 9.62. The number of hydrogen-bond donors (Lipinski definition) is 0. The molecule has 1 saturated heterocycles. The molecule has 0 saturated carbocycles. The van der Waals surface area contributed by atoms with E-state index in [-0.39, 0.29) is 0 Å². The topological polar surface area (TPSA) is 19.4 Å². The first-order valence-corrected chi connectivity index (χ1v) is 8.20. The lowest BCUT2D eigenvalue weighted by atomic mass is 9.95. The van der Waals surface area contributed by atoms with Crippen LogP contribution in [-0.2, 0) is 6.42 Å². The van der Waals surface area contributed by atoms with Gasteiger partial charge >= 0.3 is 0 Å². The number of likely N-dealkylation sites (N-methyl/N-ethyl adjacent to an activating group) is 1. The van der Waals surface area contributed by atoms with Gasteiger partial charge in [-0.25, -0.2) is 0 Å². The number of pyridine rings is 1. The Morgan fingerprint density at radius 3 is 2.95 bits per heavy atom. The third-order valence-corrected chi connectivity index (χ3v) is 5.03. The summed E-state index contributed by atoms with van der Waals surface area (Å²) in [6.07, 6.45) is 6.21. The maximum atomic E-state index is 4.37. The van der Waals surface area contributed by atoms with E-state index in [4.69, 9.17) is 0 Å². The van der Waals surface area contributed by atoms with Crippen molar-refractivity contribution < 1.29 is 0 Å². The molecular formula is C19H23N3. The molecule has 0 aliphatic carbocycles. The van der Waals surface area contributed by atoms with E-state index in [1.165, 1.54) is 40.9 Å². The molecule has 1 aromatic heterocycles. The summed E-state index contributed by atoms with van der Waals surface area (Å²) in [5, 5.41) is 0. The molecule has 0 amide bonds. The van der Waals surface area contributed by atoms with Gasteiger partial charge in [0.1, 0.15) is 0 Å². The van der Waals surface area contributed by atoms with Crippen molar-refractivity contribution in [1.82, 2.24) is 9.88 Å². The Morgan fingerprint density at radius 1 is 1.14 bits per heavy atom. The highest BCUT2D eigenvalue weighted by Crippen LogP contribution is 2.38. The first-order chi connectivity index (χ1) is 10.7. The van der Waals surface area contributed by atoms with Crippen molar-refractivity contribution in [3.05, 3.63) is 58.9 Å². The zero-order valence-corrected chi connectivity index (χ0v) is 13.4. The zero-order valence-electron chi connectivity index (χ0n) is 13.4. The number of nitrogens with zero attached hydrogens (tertiary/aromatic N) is 3. The maximum Gasteiger partial charge on any atom is 0.0672 e. The molecule has 1 atom stereocenters. The van der Waals surface area contributed by atoms with Gasteiger partial charge in [-0.15, -0.1) is 0 Å². The molecule has 3 heterocycles. The lowest BCUT2D eigenvalue weighted by Crippen LogP contribution is -2.33. The number of aromatic nitrogens is 1. The van der Waals surface area contributed by atoms with E-state index in [0.717, 1.165) is 19.5 Å². The van der Waals surface area contributed by atoms with Crippen LogP contribution in [0, 0.1) is 6.92 Å². The van der Waals surface area contributed by atoms with E-state index in [1.54, 1.807) is 0 Å². The molecule has 2 aliphatic rings. The van der Waals surface area contributed by atoms with Crippen LogP contribution < -0.4 is 4.90 Å². The number of fused-ring (bicyclic) bond motifs is 5. The van der Waals surface area contributed by atoms with E-state index in [2.05, 4.69) is 59.2 Å². The Bertz CT molecular complexity index is 695. The van der Waals surface area contributed by atoms with Gasteiger partial charge in [0.05, 0.1) is 6.04 Å². The fraction of sp³-hybridized carbons (Fsp3) is 0.421. The second-order valence-electron chi connectivity index (χ2n) is 6.71. The van der Waals surface area contributed by atoms with Crippen LogP contribution in [0.1, 0.15) is 34.7 Å². The van der Waals surface area contributed by atoms with Gasteiger partial charge in [0.15, 0.2) is 0 Å². The quantitative estimate of drug-likeness (QED) is 0.744. The summed E-state index contributed by atoms with van der Waals surface area (Å²) >= 11 is 0. The van der Waals surface area contributed by atoms with Crippen molar-refractivity contribution in [2.45, 2.75) is 25.8 Å². The standard InChI is InChI=1S/C19H23N3/c1-14-4-5-17-15(10-14)11-16-12-20-7-6-18(16)22-9-3-8-21(2)13-19(17)22/h4-7,10,12,19H,3,8-9,11,13H2,1-2H3. The van der Waals surface area contributed by atoms with E-state index in [1.807, 2.05) is 6.20 Å². The van der Waals surface area contributed by atoms with Gasteiger partial charge in [-0.05, 0) is 49.7 Å². The van der Waals surface area contributed by atoms with Gasteiger partial charge < -0.3 is 9.80 Å². The highest BCUT2D eigenvalue weighted by molar-refractivity contribution is 5.59. The van der Waals surface area contributed by atoms with Crippen LogP contribution in [0.25, 0.3) is 0 Å². The number of rotatable bonds is 0. The Hall–Kier alpha value is -1.87. The van der Waals surface area contributed by atoms with Crippen LogP contribution >= 0.6 is 0 Å². The average Bonchev–Trinajstić information content (AvgIpc) is 2.76. The molecule has 0 bridgehead atoms. The van der Waals surface area contributed by atoms with Crippen LogP contribution in [0.2, 0.25) is 0 Å². The van der Waals surface area contributed by atoms with Crippen molar-refractivity contribution in [1.29, 1.82) is 0 Å². The van der Waals surface area contributed by atoms with Gasteiger partial charge in [0.2, 0.25) is 0 Å². The predicted octanol–water partition coefficient (Wildman–Crippen LogP) is 3.18. The monoisotopic (exact) mass is 293 g/mol. The molecule has 0 radical (unpaired) electrons. The maximum absolute atomic E-state index is 4.37. The van der Waals surface area contributed by atoms with E-state index < -0.39 is 0 Å². The molecule has 22 heavy (non-hydrogen) atoms. The summed E-state index contributed by atoms with van der Waals surface area (Å²) in [5.74, 6) is 0. The van der Waals surface area contributed by atoms with Crippen molar-refractivity contribution in [2.24, 2.45) is 0 Å². The minimum atomic E-state index is 0.451. The fourth-order valence-electron chi connectivity index (χ4n) is 3.96. The second-order valence-corrected chi connectivity index (χ2v) is 6.71. The molecule has 4 rings (SSSR count). The normalized spacial score (nSPS) is 21.4. The SMILES string of the molecule is Cc1ccc2c(c1)Cc1cnccc1N1CCCN(C)CC21. The van der Waals surface area contributed by atoms with Gasteiger partial charge in [0.25, 0.3) is 0 Å². The summed E-state index contributed by atoms with van der Waals surface area (Å²) < 4.78 is 0. The van der Waals surface area contributed by atoms with Crippen LogP contribution in [0.4, 0.5) is 5.69 Å². The van der Waals surface area contributed by atoms with E-state index >= 15 is 0 Å². The summed E-state index contributed by atoms with van der Waals surface area (Å²) in [6.45, 7) is 5.58. The van der Waals surface area contributed by atoms with Crippen molar-refractivity contribution >= 4 is 5.69 Å². The summed E-state index contributed by atoms with van der Waals surface area (Å²) in [5.41, 5.74) is 7.05. The summed E-state index contributed by atoms with van der Waals surface area (Å²) in [7, 11) is 2.25. The number of anilines is 1. The molecule has 3 heteroatoms. The summed E-state index contributed by atoms with van der Waals surface area (Å²) in [4.78, 5) is 9.46. The Kier molecular flexibility index (Phi) is 3.38. The minimum absolute atomic E-state index is 0.451. The lowest BCUT2D eigenvalue weighted by Gasteiger charge is -2.33. The zero-order chi connectivity index (χ0) is 15.1. The Labute approximate surface area is 132 Å². The van der Waals surface area contributed by atoms with Gasteiger partial charge in [-0.3, -0.25) is 4.98 Å². The second kappa shape index (κ2) is 5.40. The van der Waals surface area contributed by atoms with Crippen LogP contribution in [0.5, 0.6) is 0 Å². The lowest BCUT2D eigenvalue weighted by molar-refractivity contribution is 0.333. The number of benzene rings is 1. The van der Waals surface area contributed by atoms with Gasteiger partial charge in [-0.1, -0.05) is 23.8 Å². The molecule has 1 aromatic carbocycles. The molecular weight excluding hydrogens is 270 g/mol.